The molecule has 0 spiro atoms. The molecule has 0 saturated carbocycles. The zero-order valence-corrected chi connectivity index (χ0v) is 6.63. The van der Waals surface area contributed by atoms with Crippen LogP contribution in [0.25, 0.3) is 0 Å². The van der Waals surface area contributed by atoms with Gasteiger partial charge < -0.3 is 5.11 Å². The van der Waals surface area contributed by atoms with Crippen molar-refractivity contribution in [1.82, 2.24) is 4.31 Å². The number of sulfonamides is 1. The molecule has 1 rings (SSSR count). The maximum absolute atomic E-state index is 10.8. The first-order valence-electron chi connectivity index (χ1n) is 3.13. The van der Waals surface area contributed by atoms with Gasteiger partial charge in [-0.25, -0.2) is 8.42 Å². The number of aliphatic hydroxyl groups excluding tert-OH is 1. The van der Waals surface area contributed by atoms with Crippen molar-refractivity contribution in [3.63, 3.8) is 0 Å². The minimum atomic E-state index is -3.06. The van der Waals surface area contributed by atoms with Crippen LogP contribution in [0, 0.1) is 0 Å². The van der Waals surface area contributed by atoms with Crippen LogP contribution < -0.4 is 0 Å². The van der Waals surface area contributed by atoms with E-state index in [9.17, 15) is 8.42 Å². The lowest BCUT2D eigenvalue weighted by atomic mass is 10.3. The Kier molecular flexibility index (Phi) is 1.98. The number of hydrogen-bond donors (Lipinski definition) is 1. The minimum absolute atomic E-state index is 0.263. The van der Waals surface area contributed by atoms with E-state index >= 15 is 0 Å². The molecule has 0 aromatic rings. The van der Waals surface area contributed by atoms with Crippen LogP contribution in [-0.4, -0.2) is 43.3 Å². The second-order valence-corrected chi connectivity index (χ2v) is 4.55. The summed E-state index contributed by atoms with van der Waals surface area (Å²) >= 11 is 0. The largest absolute Gasteiger partial charge is 0.392 e. The van der Waals surface area contributed by atoms with Crippen molar-refractivity contribution in [2.24, 2.45) is 0 Å². The van der Waals surface area contributed by atoms with Crippen molar-refractivity contribution >= 4 is 10.0 Å². The van der Waals surface area contributed by atoms with Gasteiger partial charge in [-0.15, -0.1) is 0 Å². The lowest BCUT2D eigenvalue weighted by Gasteiger charge is -2.10. The van der Waals surface area contributed by atoms with Crippen LogP contribution >= 0.6 is 0 Å². The fourth-order valence-electron chi connectivity index (χ4n) is 1.01. The summed E-state index contributed by atoms with van der Waals surface area (Å²) in [5.74, 6) is 0. The Hall–Kier alpha value is -0.130. The van der Waals surface area contributed by atoms with E-state index in [1.807, 2.05) is 0 Å². The smallest absolute Gasteiger partial charge is 0.211 e. The zero-order chi connectivity index (χ0) is 7.78. The molecule has 5 heteroatoms. The Balaban J connectivity index is 2.62. The van der Waals surface area contributed by atoms with Gasteiger partial charge in [0.05, 0.1) is 12.4 Å². The second kappa shape index (κ2) is 2.48. The molecule has 0 bridgehead atoms. The Morgan fingerprint density at radius 2 is 2.20 bits per heavy atom. The SMILES string of the molecule is CS(=O)(=O)N1CCC(O)C1. The second-order valence-electron chi connectivity index (χ2n) is 2.56. The first-order valence-corrected chi connectivity index (χ1v) is 4.98. The van der Waals surface area contributed by atoms with Gasteiger partial charge in [-0.1, -0.05) is 0 Å². The topological polar surface area (TPSA) is 57.6 Å². The quantitative estimate of drug-likeness (QED) is 0.543. The standard InChI is InChI=1S/C5H11NO3S/c1-10(8,9)6-3-2-5(7)4-6/h5,7H,2-4H2,1H3. The van der Waals surface area contributed by atoms with Gasteiger partial charge in [0.25, 0.3) is 0 Å². The van der Waals surface area contributed by atoms with Crippen molar-refractivity contribution in [3.05, 3.63) is 0 Å². The number of hydrogen-bond acceptors (Lipinski definition) is 3. The van der Waals surface area contributed by atoms with Gasteiger partial charge in [-0.2, -0.15) is 4.31 Å². The van der Waals surface area contributed by atoms with E-state index in [0.29, 0.717) is 13.0 Å². The summed E-state index contributed by atoms with van der Waals surface area (Å²) in [4.78, 5) is 0. The molecular weight excluding hydrogens is 154 g/mol. The third-order valence-electron chi connectivity index (χ3n) is 1.60. The van der Waals surface area contributed by atoms with E-state index in [-0.39, 0.29) is 6.54 Å². The van der Waals surface area contributed by atoms with Crippen molar-refractivity contribution in [2.45, 2.75) is 12.5 Å². The lowest BCUT2D eigenvalue weighted by molar-refractivity contribution is 0.189. The van der Waals surface area contributed by atoms with Gasteiger partial charge in [-0.05, 0) is 6.42 Å². The Morgan fingerprint density at radius 3 is 2.40 bits per heavy atom. The van der Waals surface area contributed by atoms with E-state index < -0.39 is 16.1 Å². The highest BCUT2D eigenvalue weighted by atomic mass is 32.2. The predicted molar refractivity (Wildman–Crippen MR) is 37.0 cm³/mol. The van der Waals surface area contributed by atoms with Crippen molar-refractivity contribution < 1.29 is 13.5 Å². The van der Waals surface area contributed by atoms with Crippen molar-refractivity contribution in [1.29, 1.82) is 0 Å². The molecule has 60 valence electrons. The molecular formula is C5H11NO3S. The summed E-state index contributed by atoms with van der Waals surface area (Å²) in [6, 6.07) is 0. The van der Waals surface area contributed by atoms with Crippen LogP contribution in [0.15, 0.2) is 0 Å². The van der Waals surface area contributed by atoms with E-state index in [1.165, 1.54) is 4.31 Å². The highest BCUT2D eigenvalue weighted by Crippen LogP contribution is 2.11. The van der Waals surface area contributed by atoms with Crippen LogP contribution in [0.3, 0.4) is 0 Å². The third-order valence-corrected chi connectivity index (χ3v) is 2.86. The predicted octanol–water partition coefficient (Wildman–Crippen LogP) is -0.987. The summed E-state index contributed by atoms with van der Waals surface area (Å²) in [7, 11) is -3.06. The highest BCUT2D eigenvalue weighted by Gasteiger charge is 2.26. The van der Waals surface area contributed by atoms with Gasteiger partial charge in [-0.3, -0.25) is 0 Å². The summed E-state index contributed by atoms with van der Waals surface area (Å²) in [6.45, 7) is 0.721. The summed E-state index contributed by atoms with van der Waals surface area (Å²) < 4.78 is 22.9. The van der Waals surface area contributed by atoms with Crippen LogP contribution in [0.1, 0.15) is 6.42 Å². The molecule has 1 aliphatic rings. The summed E-state index contributed by atoms with van der Waals surface area (Å²) in [6.07, 6.45) is 1.26. The molecule has 1 atom stereocenters. The fraction of sp³-hybridized carbons (Fsp3) is 1.00. The number of aliphatic hydroxyl groups is 1. The van der Waals surface area contributed by atoms with Gasteiger partial charge in [0, 0.05) is 13.1 Å². The van der Waals surface area contributed by atoms with E-state index in [4.69, 9.17) is 5.11 Å². The molecule has 10 heavy (non-hydrogen) atoms. The molecule has 1 unspecified atom stereocenters. The lowest BCUT2D eigenvalue weighted by Crippen LogP contribution is -2.28. The van der Waals surface area contributed by atoms with Crippen LogP contribution in [-0.2, 0) is 10.0 Å². The van der Waals surface area contributed by atoms with Gasteiger partial charge in [0.1, 0.15) is 0 Å². The van der Waals surface area contributed by atoms with Crippen molar-refractivity contribution in [2.75, 3.05) is 19.3 Å². The molecule has 0 aliphatic carbocycles. The molecule has 1 N–H and O–H groups in total. The Morgan fingerprint density at radius 1 is 1.60 bits per heavy atom. The zero-order valence-electron chi connectivity index (χ0n) is 5.82. The van der Waals surface area contributed by atoms with Crippen LogP contribution in [0.2, 0.25) is 0 Å². The maximum Gasteiger partial charge on any atom is 0.211 e. The average Bonchev–Trinajstić information content (AvgIpc) is 2.11. The van der Waals surface area contributed by atoms with Crippen LogP contribution in [0.5, 0.6) is 0 Å². The molecule has 0 aromatic carbocycles. The molecule has 1 heterocycles. The minimum Gasteiger partial charge on any atom is -0.392 e. The van der Waals surface area contributed by atoms with E-state index in [2.05, 4.69) is 0 Å². The number of nitrogens with zero attached hydrogens (tertiary/aromatic N) is 1. The highest BCUT2D eigenvalue weighted by molar-refractivity contribution is 7.88. The molecule has 0 amide bonds. The van der Waals surface area contributed by atoms with E-state index in [1.54, 1.807) is 0 Å². The van der Waals surface area contributed by atoms with Crippen LogP contribution in [0.4, 0.5) is 0 Å². The number of rotatable bonds is 1. The summed E-state index contributed by atoms with van der Waals surface area (Å²) in [5.41, 5.74) is 0. The molecule has 0 radical (unpaired) electrons. The third kappa shape index (κ3) is 1.68. The van der Waals surface area contributed by atoms with Crippen molar-refractivity contribution in [3.8, 4) is 0 Å². The van der Waals surface area contributed by atoms with Gasteiger partial charge >= 0.3 is 0 Å². The van der Waals surface area contributed by atoms with Gasteiger partial charge in [0.15, 0.2) is 0 Å². The molecule has 0 aromatic heterocycles. The summed E-state index contributed by atoms with van der Waals surface area (Å²) in [5, 5.41) is 8.96. The Bertz CT molecular complexity index is 211. The number of β-amino-alcohol motifs (C(OH)–C–C–N with tert-alkyl or cyclic N) is 1. The maximum atomic E-state index is 10.8. The monoisotopic (exact) mass is 165 g/mol. The molecule has 1 aliphatic heterocycles. The molecule has 1 saturated heterocycles. The molecule has 1 fully saturated rings. The first-order chi connectivity index (χ1) is 4.50. The van der Waals surface area contributed by atoms with E-state index in [0.717, 1.165) is 6.26 Å². The fourth-order valence-corrected chi connectivity index (χ4v) is 1.89. The normalized spacial score (nSPS) is 29.2. The van der Waals surface area contributed by atoms with Gasteiger partial charge in [0.2, 0.25) is 10.0 Å². The Labute approximate surface area is 60.5 Å². The molecule has 4 nitrogen and oxygen atoms in total. The average molecular weight is 165 g/mol. The first kappa shape index (κ1) is 7.97.